The minimum atomic E-state index is -0.166. The molecule has 0 amide bonds. The third-order valence-electron chi connectivity index (χ3n) is 3.53. The van der Waals surface area contributed by atoms with Crippen LogP contribution in [0.4, 0.5) is 0 Å². The van der Waals surface area contributed by atoms with Gasteiger partial charge in [0, 0.05) is 24.6 Å². The summed E-state index contributed by atoms with van der Waals surface area (Å²) in [5, 5.41) is 3.33. The molecule has 1 saturated heterocycles. The van der Waals surface area contributed by atoms with Gasteiger partial charge in [-0.2, -0.15) is 0 Å². The summed E-state index contributed by atoms with van der Waals surface area (Å²) in [6.07, 6.45) is 5.28. The van der Waals surface area contributed by atoms with Crippen LogP contribution in [0.1, 0.15) is 12.0 Å². The second-order valence-electron chi connectivity index (χ2n) is 4.67. The van der Waals surface area contributed by atoms with Crippen molar-refractivity contribution >= 4 is 6.08 Å². The summed E-state index contributed by atoms with van der Waals surface area (Å²) >= 11 is 0. The third kappa shape index (κ3) is 1.34. The Hall–Kier alpha value is -1.68. The van der Waals surface area contributed by atoms with Gasteiger partial charge in [0.1, 0.15) is 11.4 Å². The SMILES string of the molecule is C1=CC2(CCNC2)Oc2cc3c(cc21)OCO3. The highest BCUT2D eigenvalue weighted by atomic mass is 16.7. The van der Waals surface area contributed by atoms with E-state index < -0.39 is 0 Å². The van der Waals surface area contributed by atoms with Gasteiger partial charge >= 0.3 is 0 Å². The minimum absolute atomic E-state index is 0.166. The van der Waals surface area contributed by atoms with Gasteiger partial charge in [0.15, 0.2) is 11.5 Å². The van der Waals surface area contributed by atoms with Crippen LogP contribution in [-0.4, -0.2) is 25.5 Å². The molecule has 0 aromatic heterocycles. The van der Waals surface area contributed by atoms with E-state index in [1.54, 1.807) is 0 Å². The van der Waals surface area contributed by atoms with Gasteiger partial charge < -0.3 is 19.5 Å². The first-order valence-corrected chi connectivity index (χ1v) is 5.87. The zero-order valence-corrected chi connectivity index (χ0v) is 9.36. The van der Waals surface area contributed by atoms with Crippen molar-refractivity contribution in [2.45, 2.75) is 12.0 Å². The van der Waals surface area contributed by atoms with Crippen LogP contribution in [-0.2, 0) is 0 Å². The molecule has 3 aliphatic rings. The van der Waals surface area contributed by atoms with Gasteiger partial charge in [-0.25, -0.2) is 0 Å². The van der Waals surface area contributed by atoms with E-state index in [0.717, 1.165) is 42.3 Å². The zero-order valence-electron chi connectivity index (χ0n) is 9.36. The fourth-order valence-corrected chi connectivity index (χ4v) is 2.57. The van der Waals surface area contributed by atoms with Crippen molar-refractivity contribution in [2.75, 3.05) is 19.9 Å². The second-order valence-corrected chi connectivity index (χ2v) is 4.67. The molecular weight excluding hydrogens is 218 g/mol. The molecule has 1 aromatic rings. The summed E-state index contributed by atoms with van der Waals surface area (Å²) in [5.41, 5.74) is 0.896. The third-order valence-corrected chi connectivity index (χ3v) is 3.53. The fraction of sp³-hybridized carbons (Fsp3) is 0.385. The van der Waals surface area contributed by atoms with Gasteiger partial charge in [0.25, 0.3) is 0 Å². The lowest BCUT2D eigenvalue weighted by Crippen LogP contribution is -2.37. The minimum Gasteiger partial charge on any atom is -0.481 e. The lowest BCUT2D eigenvalue weighted by molar-refractivity contribution is 0.138. The summed E-state index contributed by atoms with van der Waals surface area (Å²) in [6.45, 7) is 2.18. The van der Waals surface area contributed by atoms with Crippen molar-refractivity contribution in [1.29, 1.82) is 0 Å². The zero-order chi connectivity index (χ0) is 11.3. The van der Waals surface area contributed by atoms with Crippen molar-refractivity contribution in [3.63, 3.8) is 0 Å². The largest absolute Gasteiger partial charge is 0.481 e. The number of benzene rings is 1. The van der Waals surface area contributed by atoms with E-state index in [0.29, 0.717) is 6.79 Å². The van der Waals surface area contributed by atoms with Crippen LogP contribution in [0.25, 0.3) is 6.08 Å². The molecule has 0 bridgehead atoms. The Balaban J connectivity index is 1.77. The van der Waals surface area contributed by atoms with Crippen molar-refractivity contribution in [3.05, 3.63) is 23.8 Å². The molecule has 1 fully saturated rings. The second kappa shape index (κ2) is 3.17. The molecule has 17 heavy (non-hydrogen) atoms. The number of ether oxygens (including phenoxy) is 3. The standard InChI is InChI=1S/C13H13NO3/c1-2-13(3-4-14-7-13)17-10-6-12-11(5-9(1)10)15-8-16-12/h1-2,5-6,14H,3-4,7-8H2. The van der Waals surface area contributed by atoms with Gasteiger partial charge in [-0.3, -0.25) is 0 Å². The van der Waals surface area contributed by atoms with Crippen LogP contribution in [0.5, 0.6) is 17.2 Å². The molecule has 3 aliphatic heterocycles. The summed E-state index contributed by atoms with van der Waals surface area (Å²) < 4.78 is 16.9. The van der Waals surface area contributed by atoms with Crippen molar-refractivity contribution in [1.82, 2.24) is 5.32 Å². The van der Waals surface area contributed by atoms with Crippen molar-refractivity contribution in [3.8, 4) is 17.2 Å². The Morgan fingerprint density at radius 1 is 1.12 bits per heavy atom. The average molecular weight is 231 g/mol. The van der Waals surface area contributed by atoms with E-state index in [1.165, 1.54) is 0 Å². The Morgan fingerprint density at radius 2 is 2.00 bits per heavy atom. The number of hydrogen-bond donors (Lipinski definition) is 1. The van der Waals surface area contributed by atoms with Crippen molar-refractivity contribution < 1.29 is 14.2 Å². The van der Waals surface area contributed by atoms with Crippen LogP contribution < -0.4 is 19.5 Å². The highest BCUT2D eigenvalue weighted by molar-refractivity contribution is 5.66. The maximum Gasteiger partial charge on any atom is 0.231 e. The van der Waals surface area contributed by atoms with Crippen LogP contribution in [0.3, 0.4) is 0 Å². The average Bonchev–Trinajstić information content (AvgIpc) is 2.95. The summed E-state index contributed by atoms with van der Waals surface area (Å²) in [7, 11) is 0. The first-order valence-electron chi connectivity index (χ1n) is 5.87. The molecule has 0 saturated carbocycles. The first-order chi connectivity index (χ1) is 8.35. The van der Waals surface area contributed by atoms with Crippen LogP contribution in [0.15, 0.2) is 18.2 Å². The molecule has 4 nitrogen and oxygen atoms in total. The van der Waals surface area contributed by atoms with Gasteiger partial charge in [0.05, 0.1) is 0 Å². The fourth-order valence-electron chi connectivity index (χ4n) is 2.57. The van der Waals surface area contributed by atoms with E-state index in [-0.39, 0.29) is 5.60 Å². The maximum atomic E-state index is 6.12. The number of fused-ring (bicyclic) bond motifs is 2. The van der Waals surface area contributed by atoms with Gasteiger partial charge in [-0.05, 0) is 18.7 Å². The molecule has 3 heterocycles. The lowest BCUT2D eigenvalue weighted by atomic mass is 9.97. The highest BCUT2D eigenvalue weighted by Crippen LogP contribution is 2.42. The molecule has 0 aliphatic carbocycles. The lowest BCUT2D eigenvalue weighted by Gasteiger charge is -2.30. The number of nitrogens with one attached hydrogen (secondary N) is 1. The monoisotopic (exact) mass is 231 g/mol. The molecule has 88 valence electrons. The van der Waals surface area contributed by atoms with E-state index >= 15 is 0 Å². The van der Waals surface area contributed by atoms with Gasteiger partial charge in [-0.15, -0.1) is 0 Å². The number of hydrogen-bond acceptors (Lipinski definition) is 4. The predicted molar refractivity (Wildman–Crippen MR) is 62.4 cm³/mol. The van der Waals surface area contributed by atoms with Crippen molar-refractivity contribution in [2.24, 2.45) is 0 Å². The summed E-state index contributed by atoms with van der Waals surface area (Å²) in [5.74, 6) is 2.47. The van der Waals surface area contributed by atoms with Crippen LogP contribution in [0, 0.1) is 0 Å². The van der Waals surface area contributed by atoms with Crippen LogP contribution >= 0.6 is 0 Å². The van der Waals surface area contributed by atoms with Gasteiger partial charge in [-0.1, -0.05) is 6.08 Å². The van der Waals surface area contributed by atoms with E-state index in [1.807, 2.05) is 12.1 Å². The normalized spacial score (nSPS) is 28.2. The molecular formula is C13H13NO3. The quantitative estimate of drug-likeness (QED) is 0.735. The molecule has 1 atom stereocenters. The Bertz CT molecular complexity index is 504. The molecule has 1 unspecified atom stereocenters. The molecule has 1 N–H and O–H groups in total. The van der Waals surface area contributed by atoms with E-state index in [2.05, 4.69) is 17.5 Å². The Kier molecular flexibility index (Phi) is 1.74. The first kappa shape index (κ1) is 9.36. The summed E-state index contributed by atoms with van der Waals surface area (Å²) in [4.78, 5) is 0. The van der Waals surface area contributed by atoms with Crippen LogP contribution in [0.2, 0.25) is 0 Å². The maximum absolute atomic E-state index is 6.12. The Labute approximate surface area is 99.2 Å². The topological polar surface area (TPSA) is 39.7 Å². The highest BCUT2D eigenvalue weighted by Gasteiger charge is 2.36. The molecule has 4 rings (SSSR count). The van der Waals surface area contributed by atoms with Gasteiger partial charge in [0.2, 0.25) is 6.79 Å². The van der Waals surface area contributed by atoms with E-state index in [4.69, 9.17) is 14.2 Å². The molecule has 0 radical (unpaired) electrons. The number of rotatable bonds is 0. The molecule has 1 aromatic carbocycles. The predicted octanol–water partition coefficient (Wildman–Crippen LogP) is 1.55. The summed E-state index contributed by atoms with van der Waals surface area (Å²) in [6, 6.07) is 3.91. The Morgan fingerprint density at radius 3 is 2.82 bits per heavy atom. The molecule has 4 heteroatoms. The smallest absolute Gasteiger partial charge is 0.231 e. The van der Waals surface area contributed by atoms with E-state index in [9.17, 15) is 0 Å². The molecule has 1 spiro atoms.